The van der Waals surface area contributed by atoms with Crippen molar-refractivity contribution in [1.29, 1.82) is 0 Å². The van der Waals surface area contributed by atoms with Crippen LogP contribution < -0.4 is 5.32 Å². The molecule has 0 amide bonds. The van der Waals surface area contributed by atoms with Crippen molar-refractivity contribution in [2.75, 3.05) is 5.32 Å². The fraction of sp³-hybridized carbons (Fsp3) is 0.615. The van der Waals surface area contributed by atoms with Gasteiger partial charge in [0.25, 0.3) is 0 Å². The van der Waals surface area contributed by atoms with Gasteiger partial charge in [0.15, 0.2) is 0 Å². The first-order valence-corrected chi connectivity index (χ1v) is 5.94. The van der Waals surface area contributed by atoms with Gasteiger partial charge in [0.05, 0.1) is 0 Å². The van der Waals surface area contributed by atoms with Gasteiger partial charge in [-0.05, 0) is 50.7 Å². The number of nitrogens with one attached hydrogen (secondary N) is 1. The van der Waals surface area contributed by atoms with Crippen LogP contribution in [0.15, 0.2) is 18.2 Å². The van der Waals surface area contributed by atoms with Crippen LogP contribution in [-0.2, 0) is 0 Å². The normalized spacial score (nSPS) is 26.3. The van der Waals surface area contributed by atoms with Crippen LogP contribution in [0.5, 0.6) is 0 Å². The zero-order valence-electron chi connectivity index (χ0n) is 9.66. The standard InChI is InChI=1S/C13H20N2/c1-10-6-8-12(9-7-10)15-13-5-3-4-11(2)14-13/h3-5,10,12H,6-9H2,1-2H3,(H,14,15). The van der Waals surface area contributed by atoms with Crippen molar-refractivity contribution >= 4 is 5.82 Å². The van der Waals surface area contributed by atoms with E-state index in [1.165, 1.54) is 25.7 Å². The Morgan fingerprint density at radius 3 is 2.60 bits per heavy atom. The molecule has 1 aliphatic carbocycles. The van der Waals surface area contributed by atoms with Gasteiger partial charge in [-0.1, -0.05) is 13.0 Å². The maximum atomic E-state index is 4.48. The highest BCUT2D eigenvalue weighted by Gasteiger charge is 2.17. The fourth-order valence-electron chi connectivity index (χ4n) is 2.24. The lowest BCUT2D eigenvalue weighted by molar-refractivity contribution is 0.361. The maximum absolute atomic E-state index is 4.48. The maximum Gasteiger partial charge on any atom is 0.126 e. The second-order valence-corrected chi connectivity index (χ2v) is 4.77. The van der Waals surface area contributed by atoms with Gasteiger partial charge in [-0.2, -0.15) is 0 Å². The number of hydrogen-bond donors (Lipinski definition) is 1. The van der Waals surface area contributed by atoms with Gasteiger partial charge < -0.3 is 5.32 Å². The molecular formula is C13H20N2. The average molecular weight is 204 g/mol. The molecule has 0 aromatic carbocycles. The molecule has 1 aliphatic rings. The minimum Gasteiger partial charge on any atom is -0.367 e. The number of rotatable bonds is 2. The van der Waals surface area contributed by atoms with Crippen molar-refractivity contribution in [3.8, 4) is 0 Å². The van der Waals surface area contributed by atoms with E-state index < -0.39 is 0 Å². The van der Waals surface area contributed by atoms with Crippen LogP contribution in [0.1, 0.15) is 38.3 Å². The SMILES string of the molecule is Cc1cccc(NC2CCC(C)CC2)n1. The summed E-state index contributed by atoms with van der Waals surface area (Å²) in [7, 11) is 0. The third-order valence-corrected chi connectivity index (χ3v) is 3.26. The molecule has 15 heavy (non-hydrogen) atoms. The molecule has 1 aromatic rings. The Bertz CT molecular complexity index is 314. The third-order valence-electron chi connectivity index (χ3n) is 3.26. The zero-order chi connectivity index (χ0) is 10.7. The van der Waals surface area contributed by atoms with E-state index in [-0.39, 0.29) is 0 Å². The minimum absolute atomic E-state index is 0.635. The van der Waals surface area contributed by atoms with E-state index in [9.17, 15) is 0 Å². The lowest BCUT2D eigenvalue weighted by atomic mass is 9.87. The van der Waals surface area contributed by atoms with Crippen LogP contribution in [0.3, 0.4) is 0 Å². The lowest BCUT2D eigenvalue weighted by Gasteiger charge is -2.27. The largest absolute Gasteiger partial charge is 0.367 e. The van der Waals surface area contributed by atoms with E-state index in [1.54, 1.807) is 0 Å². The molecule has 1 N–H and O–H groups in total. The molecule has 0 unspecified atom stereocenters. The summed E-state index contributed by atoms with van der Waals surface area (Å²) in [6.07, 6.45) is 5.28. The van der Waals surface area contributed by atoms with Crippen molar-refractivity contribution in [1.82, 2.24) is 4.98 Å². The molecule has 0 saturated heterocycles. The molecule has 0 bridgehead atoms. The number of anilines is 1. The van der Waals surface area contributed by atoms with Crippen molar-refractivity contribution < 1.29 is 0 Å². The second-order valence-electron chi connectivity index (χ2n) is 4.77. The smallest absolute Gasteiger partial charge is 0.126 e. The molecule has 0 atom stereocenters. The van der Waals surface area contributed by atoms with E-state index in [0.717, 1.165) is 17.4 Å². The molecule has 1 aromatic heterocycles. The van der Waals surface area contributed by atoms with Crippen molar-refractivity contribution in [2.24, 2.45) is 5.92 Å². The number of pyridine rings is 1. The topological polar surface area (TPSA) is 24.9 Å². The molecule has 2 nitrogen and oxygen atoms in total. The second kappa shape index (κ2) is 4.65. The van der Waals surface area contributed by atoms with Gasteiger partial charge in [-0.25, -0.2) is 4.98 Å². The molecule has 1 saturated carbocycles. The minimum atomic E-state index is 0.635. The number of aryl methyl sites for hydroxylation is 1. The molecule has 0 spiro atoms. The quantitative estimate of drug-likeness (QED) is 0.798. The van der Waals surface area contributed by atoms with Crippen molar-refractivity contribution in [3.63, 3.8) is 0 Å². The van der Waals surface area contributed by atoms with Gasteiger partial charge in [-0.3, -0.25) is 0 Å². The molecule has 0 aliphatic heterocycles. The summed E-state index contributed by atoms with van der Waals surface area (Å²) < 4.78 is 0. The van der Waals surface area contributed by atoms with E-state index in [4.69, 9.17) is 0 Å². The zero-order valence-corrected chi connectivity index (χ0v) is 9.66. The van der Waals surface area contributed by atoms with Crippen LogP contribution >= 0.6 is 0 Å². The van der Waals surface area contributed by atoms with E-state index >= 15 is 0 Å². The monoisotopic (exact) mass is 204 g/mol. The van der Waals surface area contributed by atoms with Crippen molar-refractivity contribution in [2.45, 2.75) is 45.6 Å². The number of hydrogen-bond acceptors (Lipinski definition) is 2. The van der Waals surface area contributed by atoms with Crippen LogP contribution in [0.4, 0.5) is 5.82 Å². The van der Waals surface area contributed by atoms with Crippen LogP contribution in [0, 0.1) is 12.8 Å². The molecule has 0 radical (unpaired) electrons. The molecule has 2 rings (SSSR count). The highest BCUT2D eigenvalue weighted by Crippen LogP contribution is 2.25. The number of aromatic nitrogens is 1. The third kappa shape index (κ3) is 2.95. The Labute approximate surface area is 92.1 Å². The Balaban J connectivity index is 1.92. The molecule has 2 heteroatoms. The Kier molecular flexibility index (Phi) is 3.24. The summed E-state index contributed by atoms with van der Waals surface area (Å²) >= 11 is 0. The lowest BCUT2D eigenvalue weighted by Crippen LogP contribution is -2.25. The van der Waals surface area contributed by atoms with Crippen LogP contribution in [0.25, 0.3) is 0 Å². The van der Waals surface area contributed by atoms with Gasteiger partial charge in [-0.15, -0.1) is 0 Å². The van der Waals surface area contributed by atoms with E-state index in [2.05, 4.69) is 29.4 Å². The highest BCUT2D eigenvalue weighted by atomic mass is 15.0. The van der Waals surface area contributed by atoms with E-state index in [1.807, 2.05) is 13.0 Å². The summed E-state index contributed by atoms with van der Waals surface area (Å²) in [5.41, 5.74) is 1.09. The molecule has 1 heterocycles. The predicted molar refractivity (Wildman–Crippen MR) is 64.0 cm³/mol. The van der Waals surface area contributed by atoms with E-state index in [0.29, 0.717) is 6.04 Å². The summed E-state index contributed by atoms with van der Waals surface area (Å²) in [6, 6.07) is 6.80. The van der Waals surface area contributed by atoms with Crippen LogP contribution in [-0.4, -0.2) is 11.0 Å². The first-order valence-electron chi connectivity index (χ1n) is 5.94. The summed E-state index contributed by atoms with van der Waals surface area (Å²) in [6.45, 7) is 4.38. The van der Waals surface area contributed by atoms with Gasteiger partial charge in [0, 0.05) is 11.7 Å². The molecule has 1 fully saturated rings. The van der Waals surface area contributed by atoms with Gasteiger partial charge >= 0.3 is 0 Å². The fourth-order valence-corrected chi connectivity index (χ4v) is 2.24. The highest BCUT2D eigenvalue weighted by molar-refractivity contribution is 5.36. The summed E-state index contributed by atoms with van der Waals surface area (Å²) in [5.74, 6) is 1.95. The predicted octanol–water partition coefficient (Wildman–Crippen LogP) is 3.38. The molecular weight excluding hydrogens is 184 g/mol. The number of nitrogens with zero attached hydrogens (tertiary/aromatic N) is 1. The average Bonchev–Trinajstić information content (AvgIpc) is 2.22. The molecule has 82 valence electrons. The van der Waals surface area contributed by atoms with Crippen molar-refractivity contribution in [3.05, 3.63) is 23.9 Å². The first-order chi connectivity index (χ1) is 7.24. The van der Waals surface area contributed by atoms with Gasteiger partial charge in [0.1, 0.15) is 5.82 Å². The Hall–Kier alpha value is -1.05. The summed E-state index contributed by atoms with van der Waals surface area (Å²) in [4.78, 5) is 4.48. The Morgan fingerprint density at radius 2 is 1.93 bits per heavy atom. The first kappa shape index (κ1) is 10.5. The Morgan fingerprint density at radius 1 is 1.20 bits per heavy atom. The van der Waals surface area contributed by atoms with Gasteiger partial charge in [0.2, 0.25) is 0 Å². The van der Waals surface area contributed by atoms with Crippen LogP contribution in [0.2, 0.25) is 0 Å². The summed E-state index contributed by atoms with van der Waals surface area (Å²) in [5, 5.41) is 3.53.